The van der Waals surface area contributed by atoms with E-state index in [2.05, 4.69) is 40.1 Å². The molecule has 0 bridgehead atoms. The summed E-state index contributed by atoms with van der Waals surface area (Å²) in [6.07, 6.45) is 0. The molecule has 1 atom stereocenters. The number of rotatable bonds is 6. The van der Waals surface area contributed by atoms with Crippen LogP contribution in [0.1, 0.15) is 33.6 Å². The third kappa shape index (κ3) is 5.09. The smallest absolute Gasteiger partial charge is 0.337 e. The standard InChI is InChI=1S/C18H23N3O2S/c1-13(16-5-4-10-24-16)11-20-18(19-2)21-12-14-6-8-15(9-7-14)17(22)23-3/h4-10,13H,11-12H2,1-3H3,(H2,19,20,21). The van der Waals surface area contributed by atoms with E-state index in [4.69, 9.17) is 4.74 Å². The van der Waals surface area contributed by atoms with Crippen LogP contribution in [-0.2, 0) is 11.3 Å². The molecule has 0 saturated carbocycles. The van der Waals surface area contributed by atoms with Gasteiger partial charge in [-0.25, -0.2) is 4.79 Å². The fourth-order valence-corrected chi connectivity index (χ4v) is 2.99. The van der Waals surface area contributed by atoms with Crippen molar-refractivity contribution in [1.82, 2.24) is 10.6 Å². The van der Waals surface area contributed by atoms with Crippen LogP contribution in [0.3, 0.4) is 0 Å². The molecule has 0 saturated heterocycles. The van der Waals surface area contributed by atoms with E-state index < -0.39 is 0 Å². The van der Waals surface area contributed by atoms with Gasteiger partial charge in [0.1, 0.15) is 0 Å². The van der Waals surface area contributed by atoms with E-state index in [0.29, 0.717) is 18.0 Å². The maximum atomic E-state index is 11.4. The van der Waals surface area contributed by atoms with Gasteiger partial charge in [-0.15, -0.1) is 11.3 Å². The van der Waals surface area contributed by atoms with E-state index >= 15 is 0 Å². The summed E-state index contributed by atoms with van der Waals surface area (Å²) in [7, 11) is 3.14. The average molecular weight is 345 g/mol. The fraction of sp³-hybridized carbons (Fsp3) is 0.333. The van der Waals surface area contributed by atoms with Crippen LogP contribution in [0.4, 0.5) is 0 Å². The zero-order chi connectivity index (χ0) is 17.4. The van der Waals surface area contributed by atoms with Crippen molar-refractivity contribution in [3.8, 4) is 0 Å². The van der Waals surface area contributed by atoms with Crippen LogP contribution in [0.5, 0.6) is 0 Å². The molecule has 1 aromatic carbocycles. The number of carbonyl (C=O) groups is 1. The number of methoxy groups -OCH3 is 1. The van der Waals surface area contributed by atoms with Crippen molar-refractivity contribution >= 4 is 23.3 Å². The Morgan fingerprint density at radius 2 is 2.00 bits per heavy atom. The minimum atomic E-state index is -0.324. The molecule has 0 spiro atoms. The molecule has 0 aliphatic carbocycles. The van der Waals surface area contributed by atoms with Crippen molar-refractivity contribution in [2.24, 2.45) is 4.99 Å². The van der Waals surface area contributed by atoms with Gasteiger partial charge in [-0.05, 0) is 29.1 Å². The molecular weight excluding hydrogens is 322 g/mol. The van der Waals surface area contributed by atoms with Gasteiger partial charge < -0.3 is 15.4 Å². The number of hydrogen-bond donors (Lipinski definition) is 2. The highest BCUT2D eigenvalue weighted by atomic mass is 32.1. The van der Waals surface area contributed by atoms with Crippen LogP contribution in [0, 0.1) is 0 Å². The monoisotopic (exact) mass is 345 g/mol. The maximum Gasteiger partial charge on any atom is 0.337 e. The molecule has 6 heteroatoms. The normalized spacial score (nSPS) is 12.5. The number of benzene rings is 1. The summed E-state index contributed by atoms with van der Waals surface area (Å²) in [6, 6.07) is 11.6. The van der Waals surface area contributed by atoms with Crippen molar-refractivity contribution in [3.63, 3.8) is 0 Å². The topological polar surface area (TPSA) is 62.7 Å². The van der Waals surface area contributed by atoms with Crippen LogP contribution < -0.4 is 10.6 Å². The van der Waals surface area contributed by atoms with Gasteiger partial charge in [-0.1, -0.05) is 25.1 Å². The molecular formula is C18H23N3O2S. The predicted octanol–water partition coefficient (Wildman–Crippen LogP) is 3.00. The van der Waals surface area contributed by atoms with E-state index in [0.717, 1.165) is 18.1 Å². The Morgan fingerprint density at radius 3 is 2.58 bits per heavy atom. The Bertz CT molecular complexity index is 666. The number of ether oxygens (including phenoxy) is 1. The molecule has 0 aliphatic heterocycles. The Balaban J connectivity index is 1.82. The minimum absolute atomic E-state index is 0.324. The fourth-order valence-electron chi connectivity index (χ4n) is 2.20. The molecule has 1 aromatic heterocycles. The number of nitrogens with zero attached hydrogens (tertiary/aromatic N) is 1. The number of carbonyl (C=O) groups excluding carboxylic acids is 1. The molecule has 5 nitrogen and oxygen atoms in total. The molecule has 1 heterocycles. The number of nitrogens with one attached hydrogen (secondary N) is 2. The van der Waals surface area contributed by atoms with Crippen LogP contribution in [0.15, 0.2) is 46.8 Å². The third-order valence-electron chi connectivity index (χ3n) is 3.66. The van der Waals surface area contributed by atoms with Gasteiger partial charge >= 0.3 is 5.97 Å². The second kappa shape index (κ2) is 9.08. The quantitative estimate of drug-likeness (QED) is 0.480. The first-order chi connectivity index (χ1) is 11.6. The van der Waals surface area contributed by atoms with Gasteiger partial charge in [0.2, 0.25) is 0 Å². The molecule has 2 aromatic rings. The molecule has 2 rings (SSSR count). The van der Waals surface area contributed by atoms with Crippen molar-refractivity contribution in [2.45, 2.75) is 19.4 Å². The van der Waals surface area contributed by atoms with Crippen molar-refractivity contribution in [1.29, 1.82) is 0 Å². The summed E-state index contributed by atoms with van der Waals surface area (Å²) < 4.78 is 4.69. The Labute approximate surface area is 146 Å². The van der Waals surface area contributed by atoms with Gasteiger partial charge in [0, 0.05) is 30.9 Å². The summed E-state index contributed by atoms with van der Waals surface area (Å²) >= 11 is 1.77. The lowest BCUT2D eigenvalue weighted by molar-refractivity contribution is 0.0600. The van der Waals surface area contributed by atoms with Crippen LogP contribution in [-0.4, -0.2) is 32.6 Å². The van der Waals surface area contributed by atoms with Crippen LogP contribution >= 0.6 is 11.3 Å². The third-order valence-corrected chi connectivity index (χ3v) is 4.77. The largest absolute Gasteiger partial charge is 0.465 e. The van der Waals surface area contributed by atoms with E-state index in [1.807, 2.05) is 12.1 Å². The Morgan fingerprint density at radius 1 is 1.25 bits per heavy atom. The van der Waals surface area contributed by atoms with Gasteiger partial charge in [-0.3, -0.25) is 4.99 Å². The molecule has 0 aliphatic rings. The predicted molar refractivity (Wildman–Crippen MR) is 98.7 cm³/mol. The summed E-state index contributed by atoms with van der Waals surface area (Å²) in [5.74, 6) is 0.868. The summed E-state index contributed by atoms with van der Waals surface area (Å²) in [5, 5.41) is 8.71. The highest BCUT2D eigenvalue weighted by Crippen LogP contribution is 2.19. The van der Waals surface area contributed by atoms with Crippen molar-refractivity contribution in [2.75, 3.05) is 20.7 Å². The van der Waals surface area contributed by atoms with Gasteiger partial charge in [0.25, 0.3) is 0 Å². The average Bonchev–Trinajstić information content (AvgIpc) is 3.16. The van der Waals surface area contributed by atoms with Gasteiger partial charge in [0.15, 0.2) is 5.96 Å². The van der Waals surface area contributed by atoms with E-state index in [1.54, 1.807) is 30.5 Å². The van der Waals surface area contributed by atoms with Crippen molar-refractivity contribution < 1.29 is 9.53 Å². The summed E-state index contributed by atoms with van der Waals surface area (Å²) in [4.78, 5) is 17.0. The lowest BCUT2D eigenvalue weighted by Crippen LogP contribution is -2.38. The molecule has 1 unspecified atom stereocenters. The summed E-state index contributed by atoms with van der Waals surface area (Å²) in [5.41, 5.74) is 1.62. The van der Waals surface area contributed by atoms with Crippen LogP contribution in [0.25, 0.3) is 0 Å². The maximum absolute atomic E-state index is 11.4. The first-order valence-electron chi connectivity index (χ1n) is 7.79. The molecule has 0 radical (unpaired) electrons. The van der Waals surface area contributed by atoms with Gasteiger partial charge in [-0.2, -0.15) is 0 Å². The van der Waals surface area contributed by atoms with E-state index in [9.17, 15) is 4.79 Å². The van der Waals surface area contributed by atoms with E-state index in [1.165, 1.54) is 12.0 Å². The number of aliphatic imine (C=N–C) groups is 1. The number of thiophene rings is 1. The summed E-state index contributed by atoms with van der Waals surface area (Å²) in [6.45, 7) is 3.65. The number of hydrogen-bond acceptors (Lipinski definition) is 4. The molecule has 128 valence electrons. The molecule has 0 fully saturated rings. The van der Waals surface area contributed by atoms with Crippen LogP contribution in [0.2, 0.25) is 0 Å². The SMILES string of the molecule is CN=C(NCc1ccc(C(=O)OC)cc1)NCC(C)c1cccs1. The van der Waals surface area contributed by atoms with Gasteiger partial charge in [0.05, 0.1) is 12.7 Å². The zero-order valence-corrected chi connectivity index (χ0v) is 15.0. The number of guanidine groups is 1. The second-order valence-electron chi connectivity index (χ2n) is 5.41. The molecule has 24 heavy (non-hydrogen) atoms. The minimum Gasteiger partial charge on any atom is -0.465 e. The Hall–Kier alpha value is -2.34. The Kier molecular flexibility index (Phi) is 6.81. The second-order valence-corrected chi connectivity index (χ2v) is 6.39. The molecule has 0 amide bonds. The number of esters is 1. The molecule has 2 N–H and O–H groups in total. The highest BCUT2D eigenvalue weighted by Gasteiger charge is 2.08. The first kappa shape index (κ1) is 18.0. The zero-order valence-electron chi connectivity index (χ0n) is 14.2. The van der Waals surface area contributed by atoms with E-state index in [-0.39, 0.29) is 5.97 Å². The first-order valence-corrected chi connectivity index (χ1v) is 8.67. The lowest BCUT2D eigenvalue weighted by Gasteiger charge is -2.15. The van der Waals surface area contributed by atoms with Crippen molar-refractivity contribution in [3.05, 3.63) is 57.8 Å². The lowest BCUT2D eigenvalue weighted by atomic mass is 10.1. The highest BCUT2D eigenvalue weighted by molar-refractivity contribution is 7.10.